The number of unbranched alkanes of at least 4 members (excludes halogenated alkanes) is 6. The minimum atomic E-state index is -0.695. The average Bonchev–Trinajstić information content (AvgIpc) is 3.27. The van der Waals surface area contributed by atoms with Crippen molar-refractivity contribution in [2.45, 2.75) is 95.9 Å². The van der Waals surface area contributed by atoms with E-state index in [2.05, 4.69) is 25.2 Å². The summed E-state index contributed by atoms with van der Waals surface area (Å²) in [6.07, 6.45) is 18.8. The van der Waals surface area contributed by atoms with Gasteiger partial charge >= 0.3 is 5.97 Å². The van der Waals surface area contributed by atoms with Crippen molar-refractivity contribution in [1.82, 2.24) is 0 Å². The van der Waals surface area contributed by atoms with Crippen LogP contribution in [-0.2, 0) is 9.53 Å². The van der Waals surface area contributed by atoms with E-state index in [1.807, 2.05) is 6.08 Å². The molecule has 1 aliphatic rings. The van der Waals surface area contributed by atoms with Crippen molar-refractivity contribution in [3.8, 4) is 0 Å². The molecule has 138 valence electrons. The normalized spacial score (nSPS) is 21.6. The van der Waals surface area contributed by atoms with Gasteiger partial charge in [-0.05, 0) is 32.1 Å². The summed E-state index contributed by atoms with van der Waals surface area (Å²) in [6, 6.07) is 0. The highest BCUT2D eigenvalue weighted by atomic mass is 16.6. The fraction of sp³-hybridized carbons (Fsp3) is 0.750. The third-order valence-electron chi connectivity index (χ3n) is 4.30. The average molecular weight is 338 g/mol. The number of carboxylic acid groups (broad SMARTS) is 1. The molecule has 0 spiro atoms. The lowest BCUT2D eigenvalue weighted by molar-refractivity contribution is -0.137. The Morgan fingerprint density at radius 2 is 1.75 bits per heavy atom. The molecule has 0 aromatic carbocycles. The molecule has 0 aromatic rings. The molecule has 0 bridgehead atoms. The van der Waals surface area contributed by atoms with Gasteiger partial charge in [0.15, 0.2) is 0 Å². The van der Waals surface area contributed by atoms with E-state index in [9.17, 15) is 9.90 Å². The van der Waals surface area contributed by atoms with Crippen molar-refractivity contribution in [2.75, 3.05) is 0 Å². The summed E-state index contributed by atoms with van der Waals surface area (Å²) in [5.41, 5.74) is 0. The Balaban J connectivity index is 1.90. The summed E-state index contributed by atoms with van der Waals surface area (Å²) in [4.78, 5) is 10.4. The van der Waals surface area contributed by atoms with E-state index in [0.29, 0.717) is 18.9 Å². The summed E-state index contributed by atoms with van der Waals surface area (Å²) in [5.74, 6) is -0.695. The predicted octanol–water partition coefficient (Wildman–Crippen LogP) is 4.62. The topological polar surface area (TPSA) is 70.1 Å². The highest BCUT2D eigenvalue weighted by molar-refractivity contribution is 5.66. The first kappa shape index (κ1) is 20.9. The first-order valence-corrected chi connectivity index (χ1v) is 9.50. The quantitative estimate of drug-likeness (QED) is 0.260. The first-order valence-electron chi connectivity index (χ1n) is 9.50. The number of ether oxygens (including phenoxy) is 1. The Labute approximate surface area is 146 Å². The van der Waals surface area contributed by atoms with Gasteiger partial charge in [-0.2, -0.15) is 0 Å². The number of aliphatic hydroxyl groups excluding tert-OH is 1. The minimum absolute atomic E-state index is 0.219. The lowest BCUT2D eigenvalue weighted by Gasteiger charge is -2.02. The van der Waals surface area contributed by atoms with Gasteiger partial charge in [-0.1, -0.05) is 56.9 Å². The number of epoxide rings is 1. The van der Waals surface area contributed by atoms with Crippen LogP contribution in [0.15, 0.2) is 24.3 Å². The van der Waals surface area contributed by atoms with E-state index in [4.69, 9.17) is 9.84 Å². The molecule has 0 radical (unpaired) electrons. The Hall–Kier alpha value is -1.13. The van der Waals surface area contributed by atoms with E-state index in [1.54, 1.807) is 0 Å². The van der Waals surface area contributed by atoms with Crippen LogP contribution < -0.4 is 0 Å². The number of allylic oxidation sites excluding steroid dienone is 2. The van der Waals surface area contributed by atoms with Crippen LogP contribution in [0.1, 0.15) is 77.6 Å². The molecule has 3 atom stereocenters. The molecule has 1 aliphatic heterocycles. The Kier molecular flexibility index (Phi) is 11.5. The summed E-state index contributed by atoms with van der Waals surface area (Å²) in [6.45, 7) is 2.12. The summed E-state index contributed by atoms with van der Waals surface area (Å²) >= 11 is 0. The van der Waals surface area contributed by atoms with E-state index in [0.717, 1.165) is 44.9 Å². The van der Waals surface area contributed by atoms with Crippen LogP contribution in [0.2, 0.25) is 0 Å². The SMILES string of the molecule is CC/C=C\CC1OC1CC(O)/C=C/CCCCCCCCC(=O)O. The zero-order valence-corrected chi connectivity index (χ0v) is 15.0. The number of rotatable bonds is 15. The second-order valence-corrected chi connectivity index (χ2v) is 6.61. The molecule has 0 amide bonds. The van der Waals surface area contributed by atoms with Gasteiger partial charge in [0.2, 0.25) is 0 Å². The van der Waals surface area contributed by atoms with Crippen LogP contribution in [0.25, 0.3) is 0 Å². The second-order valence-electron chi connectivity index (χ2n) is 6.61. The van der Waals surface area contributed by atoms with Crippen LogP contribution >= 0.6 is 0 Å². The maximum atomic E-state index is 10.4. The third kappa shape index (κ3) is 11.4. The number of carboxylic acids is 1. The number of carbonyl (C=O) groups is 1. The summed E-state index contributed by atoms with van der Waals surface area (Å²) in [5, 5.41) is 18.5. The van der Waals surface area contributed by atoms with Crippen LogP contribution in [0.3, 0.4) is 0 Å². The maximum Gasteiger partial charge on any atom is 0.303 e. The van der Waals surface area contributed by atoms with Crippen molar-refractivity contribution >= 4 is 5.97 Å². The van der Waals surface area contributed by atoms with Crippen molar-refractivity contribution in [3.63, 3.8) is 0 Å². The van der Waals surface area contributed by atoms with E-state index in [-0.39, 0.29) is 6.10 Å². The van der Waals surface area contributed by atoms with Crippen molar-refractivity contribution in [3.05, 3.63) is 24.3 Å². The summed E-state index contributed by atoms with van der Waals surface area (Å²) < 4.78 is 5.56. The summed E-state index contributed by atoms with van der Waals surface area (Å²) in [7, 11) is 0. The molecular formula is C20H34O4. The van der Waals surface area contributed by atoms with Gasteiger partial charge in [0.25, 0.3) is 0 Å². The lowest BCUT2D eigenvalue weighted by atomic mass is 10.1. The molecule has 4 heteroatoms. The zero-order chi connectivity index (χ0) is 17.6. The third-order valence-corrected chi connectivity index (χ3v) is 4.30. The van der Waals surface area contributed by atoms with Crippen LogP contribution in [0.4, 0.5) is 0 Å². The van der Waals surface area contributed by atoms with Gasteiger partial charge in [-0.15, -0.1) is 0 Å². The first-order chi connectivity index (χ1) is 11.6. The molecule has 0 aliphatic carbocycles. The number of aliphatic carboxylic acids is 1. The zero-order valence-electron chi connectivity index (χ0n) is 15.0. The largest absolute Gasteiger partial charge is 0.481 e. The molecule has 1 saturated heterocycles. The van der Waals surface area contributed by atoms with Crippen LogP contribution in [0.5, 0.6) is 0 Å². The number of hydrogen-bond donors (Lipinski definition) is 2. The minimum Gasteiger partial charge on any atom is -0.481 e. The van der Waals surface area contributed by atoms with Gasteiger partial charge in [0.05, 0.1) is 18.3 Å². The molecule has 1 rings (SSSR count). The molecule has 2 N–H and O–H groups in total. The van der Waals surface area contributed by atoms with Gasteiger partial charge in [0.1, 0.15) is 0 Å². The molecule has 0 saturated carbocycles. The van der Waals surface area contributed by atoms with Crippen LogP contribution in [-0.4, -0.2) is 34.5 Å². The molecule has 1 heterocycles. The second kappa shape index (κ2) is 13.2. The highest BCUT2D eigenvalue weighted by Crippen LogP contribution is 2.30. The van der Waals surface area contributed by atoms with Crippen molar-refractivity contribution in [2.24, 2.45) is 0 Å². The molecule has 0 aromatic heterocycles. The maximum absolute atomic E-state index is 10.4. The Morgan fingerprint density at radius 1 is 1.04 bits per heavy atom. The van der Waals surface area contributed by atoms with Gasteiger partial charge < -0.3 is 14.9 Å². The fourth-order valence-corrected chi connectivity index (χ4v) is 2.81. The van der Waals surface area contributed by atoms with E-state index < -0.39 is 12.1 Å². The Morgan fingerprint density at radius 3 is 2.46 bits per heavy atom. The smallest absolute Gasteiger partial charge is 0.303 e. The van der Waals surface area contributed by atoms with Crippen molar-refractivity contribution < 1.29 is 19.7 Å². The monoisotopic (exact) mass is 338 g/mol. The molecule has 24 heavy (non-hydrogen) atoms. The van der Waals surface area contributed by atoms with Gasteiger partial charge in [-0.25, -0.2) is 0 Å². The van der Waals surface area contributed by atoms with E-state index >= 15 is 0 Å². The van der Waals surface area contributed by atoms with E-state index in [1.165, 1.54) is 12.8 Å². The standard InChI is InChI=1S/C20H34O4/c1-2-3-10-14-18-19(24-18)16-17(21)13-11-8-6-4-5-7-9-12-15-20(22)23/h3,10-11,13,17-19,21H,2,4-9,12,14-16H2,1H3,(H,22,23)/b10-3-,13-11+. The van der Waals surface area contributed by atoms with Gasteiger partial charge in [-0.3, -0.25) is 4.79 Å². The molecule has 3 unspecified atom stereocenters. The highest BCUT2D eigenvalue weighted by Gasteiger charge is 2.38. The van der Waals surface area contributed by atoms with Crippen molar-refractivity contribution in [1.29, 1.82) is 0 Å². The predicted molar refractivity (Wildman–Crippen MR) is 97.0 cm³/mol. The van der Waals surface area contributed by atoms with Gasteiger partial charge in [0, 0.05) is 12.8 Å². The lowest BCUT2D eigenvalue weighted by Crippen LogP contribution is -2.07. The number of hydrogen-bond acceptors (Lipinski definition) is 3. The molecule has 1 fully saturated rings. The molecular weight excluding hydrogens is 304 g/mol. The molecule has 4 nitrogen and oxygen atoms in total. The van der Waals surface area contributed by atoms with Crippen LogP contribution in [0, 0.1) is 0 Å². The Bertz CT molecular complexity index is 389. The fourth-order valence-electron chi connectivity index (χ4n) is 2.81. The number of aliphatic hydroxyl groups is 1.